The Labute approximate surface area is 108 Å². The van der Waals surface area contributed by atoms with E-state index in [9.17, 15) is 0 Å². The van der Waals surface area contributed by atoms with Crippen LogP contribution in [0, 0.1) is 6.92 Å². The third kappa shape index (κ3) is 3.69. The maximum absolute atomic E-state index is 8.96. The van der Waals surface area contributed by atoms with Crippen LogP contribution < -0.4 is 5.32 Å². The average Bonchev–Trinajstić information content (AvgIpc) is 2.42. The first-order valence-corrected chi connectivity index (χ1v) is 6.23. The van der Waals surface area contributed by atoms with Gasteiger partial charge in [0, 0.05) is 13.1 Å². The van der Waals surface area contributed by atoms with Gasteiger partial charge in [-0.25, -0.2) is 0 Å². The predicted octanol–water partition coefficient (Wildman–Crippen LogP) is 2.78. The molecule has 2 rings (SSSR count). The number of aliphatic hydroxyl groups excluding tert-OH is 1. The molecule has 18 heavy (non-hydrogen) atoms. The number of aryl methyl sites for hydroxylation is 1. The lowest BCUT2D eigenvalue weighted by Crippen LogP contribution is -2.12. The van der Waals surface area contributed by atoms with Gasteiger partial charge in [-0.1, -0.05) is 54.1 Å². The fourth-order valence-corrected chi connectivity index (χ4v) is 1.82. The molecule has 0 atom stereocenters. The Hall–Kier alpha value is -1.64. The molecule has 0 bridgehead atoms. The molecule has 2 heteroatoms. The van der Waals surface area contributed by atoms with Gasteiger partial charge in [0.2, 0.25) is 0 Å². The van der Waals surface area contributed by atoms with Gasteiger partial charge < -0.3 is 10.4 Å². The van der Waals surface area contributed by atoms with Crippen LogP contribution in [-0.4, -0.2) is 5.11 Å². The van der Waals surface area contributed by atoms with Crippen LogP contribution in [-0.2, 0) is 19.7 Å². The van der Waals surface area contributed by atoms with E-state index in [2.05, 4.69) is 36.5 Å². The molecule has 0 heterocycles. The second-order valence-corrected chi connectivity index (χ2v) is 4.56. The summed E-state index contributed by atoms with van der Waals surface area (Å²) in [4.78, 5) is 0. The minimum Gasteiger partial charge on any atom is -0.392 e. The summed E-state index contributed by atoms with van der Waals surface area (Å²) in [5.74, 6) is 0. The van der Waals surface area contributed by atoms with E-state index in [1.807, 2.05) is 24.3 Å². The maximum atomic E-state index is 8.96. The Kier molecular flexibility index (Phi) is 4.51. The van der Waals surface area contributed by atoms with E-state index in [1.54, 1.807) is 0 Å². The van der Waals surface area contributed by atoms with Crippen LogP contribution in [0.4, 0.5) is 0 Å². The van der Waals surface area contributed by atoms with E-state index in [0.717, 1.165) is 18.7 Å². The van der Waals surface area contributed by atoms with Crippen LogP contribution >= 0.6 is 0 Å². The Balaban J connectivity index is 1.82. The number of hydrogen-bond donors (Lipinski definition) is 2. The number of rotatable bonds is 5. The first-order valence-electron chi connectivity index (χ1n) is 6.23. The number of benzene rings is 2. The standard InChI is InChI=1S/C16H19NO/c1-13-2-4-14(5-3-13)10-17-11-15-6-8-16(12-18)9-7-15/h2-9,17-18H,10-12H2,1H3. The van der Waals surface area contributed by atoms with Crippen LogP contribution in [0.1, 0.15) is 22.3 Å². The second kappa shape index (κ2) is 6.34. The summed E-state index contributed by atoms with van der Waals surface area (Å²) < 4.78 is 0. The molecule has 0 aliphatic rings. The van der Waals surface area contributed by atoms with Crippen molar-refractivity contribution in [2.75, 3.05) is 0 Å². The van der Waals surface area contributed by atoms with E-state index in [1.165, 1.54) is 16.7 Å². The summed E-state index contributed by atoms with van der Waals surface area (Å²) >= 11 is 0. The molecule has 0 saturated heterocycles. The number of nitrogens with one attached hydrogen (secondary N) is 1. The van der Waals surface area contributed by atoms with E-state index >= 15 is 0 Å². The van der Waals surface area contributed by atoms with Crippen molar-refractivity contribution >= 4 is 0 Å². The van der Waals surface area contributed by atoms with Gasteiger partial charge in [-0.3, -0.25) is 0 Å². The van der Waals surface area contributed by atoms with Crippen LogP contribution in [0.5, 0.6) is 0 Å². The quantitative estimate of drug-likeness (QED) is 0.843. The molecule has 0 aliphatic carbocycles. The van der Waals surface area contributed by atoms with E-state index in [-0.39, 0.29) is 6.61 Å². The van der Waals surface area contributed by atoms with Crippen molar-refractivity contribution in [3.8, 4) is 0 Å². The smallest absolute Gasteiger partial charge is 0.0681 e. The van der Waals surface area contributed by atoms with Gasteiger partial charge in [-0.05, 0) is 23.6 Å². The molecule has 0 aromatic heterocycles. The van der Waals surface area contributed by atoms with Crippen molar-refractivity contribution in [1.29, 1.82) is 0 Å². The first-order chi connectivity index (χ1) is 8.78. The maximum Gasteiger partial charge on any atom is 0.0681 e. The normalized spacial score (nSPS) is 10.6. The monoisotopic (exact) mass is 241 g/mol. The molecule has 2 nitrogen and oxygen atoms in total. The fraction of sp³-hybridized carbons (Fsp3) is 0.250. The number of hydrogen-bond acceptors (Lipinski definition) is 2. The molecule has 2 aromatic rings. The predicted molar refractivity (Wildman–Crippen MR) is 74.1 cm³/mol. The lowest BCUT2D eigenvalue weighted by molar-refractivity contribution is 0.282. The highest BCUT2D eigenvalue weighted by molar-refractivity contribution is 5.23. The van der Waals surface area contributed by atoms with Gasteiger partial charge in [0.15, 0.2) is 0 Å². The van der Waals surface area contributed by atoms with Gasteiger partial charge in [0.05, 0.1) is 6.61 Å². The Morgan fingerprint density at radius 3 is 1.72 bits per heavy atom. The average molecular weight is 241 g/mol. The van der Waals surface area contributed by atoms with Crippen molar-refractivity contribution in [3.63, 3.8) is 0 Å². The second-order valence-electron chi connectivity index (χ2n) is 4.56. The molecule has 0 fully saturated rings. The summed E-state index contributed by atoms with van der Waals surface area (Å²) in [5.41, 5.74) is 4.78. The van der Waals surface area contributed by atoms with Gasteiger partial charge in [0.1, 0.15) is 0 Å². The van der Waals surface area contributed by atoms with Gasteiger partial charge in [0.25, 0.3) is 0 Å². The molecule has 0 spiro atoms. The molecule has 0 saturated carbocycles. The summed E-state index contributed by atoms with van der Waals surface area (Å²) in [6.07, 6.45) is 0. The summed E-state index contributed by atoms with van der Waals surface area (Å²) in [6, 6.07) is 16.6. The zero-order valence-electron chi connectivity index (χ0n) is 10.7. The van der Waals surface area contributed by atoms with Gasteiger partial charge in [-0.15, -0.1) is 0 Å². The highest BCUT2D eigenvalue weighted by atomic mass is 16.3. The zero-order chi connectivity index (χ0) is 12.8. The molecule has 2 N–H and O–H groups in total. The molecule has 0 radical (unpaired) electrons. The lowest BCUT2D eigenvalue weighted by Gasteiger charge is -2.06. The Morgan fingerprint density at radius 2 is 1.22 bits per heavy atom. The largest absolute Gasteiger partial charge is 0.392 e. The number of aliphatic hydroxyl groups is 1. The van der Waals surface area contributed by atoms with E-state index < -0.39 is 0 Å². The van der Waals surface area contributed by atoms with Crippen molar-refractivity contribution in [2.45, 2.75) is 26.6 Å². The lowest BCUT2D eigenvalue weighted by atomic mass is 10.1. The van der Waals surface area contributed by atoms with Gasteiger partial charge in [-0.2, -0.15) is 0 Å². The molecule has 94 valence electrons. The van der Waals surface area contributed by atoms with Crippen molar-refractivity contribution < 1.29 is 5.11 Å². The molecule has 2 aromatic carbocycles. The van der Waals surface area contributed by atoms with Crippen molar-refractivity contribution in [1.82, 2.24) is 5.32 Å². The summed E-state index contributed by atoms with van der Waals surface area (Å²) in [6.45, 7) is 3.93. The van der Waals surface area contributed by atoms with Crippen LogP contribution in [0.15, 0.2) is 48.5 Å². The molecule has 0 amide bonds. The highest BCUT2D eigenvalue weighted by Crippen LogP contribution is 2.06. The molecular formula is C16H19NO. The van der Waals surface area contributed by atoms with Crippen LogP contribution in [0.2, 0.25) is 0 Å². The van der Waals surface area contributed by atoms with Gasteiger partial charge >= 0.3 is 0 Å². The molecule has 0 unspecified atom stereocenters. The Morgan fingerprint density at radius 1 is 0.778 bits per heavy atom. The molecule has 0 aliphatic heterocycles. The third-order valence-corrected chi connectivity index (χ3v) is 2.98. The topological polar surface area (TPSA) is 32.3 Å². The minimum atomic E-state index is 0.108. The van der Waals surface area contributed by atoms with Crippen LogP contribution in [0.3, 0.4) is 0 Å². The van der Waals surface area contributed by atoms with E-state index in [4.69, 9.17) is 5.11 Å². The minimum absolute atomic E-state index is 0.108. The first kappa shape index (κ1) is 12.8. The van der Waals surface area contributed by atoms with E-state index in [0.29, 0.717) is 0 Å². The third-order valence-electron chi connectivity index (χ3n) is 2.98. The SMILES string of the molecule is Cc1ccc(CNCc2ccc(CO)cc2)cc1. The molecular weight excluding hydrogens is 222 g/mol. The highest BCUT2D eigenvalue weighted by Gasteiger charge is 1.95. The summed E-state index contributed by atoms with van der Waals surface area (Å²) in [5, 5.41) is 12.4. The fourth-order valence-electron chi connectivity index (χ4n) is 1.82. The van der Waals surface area contributed by atoms with Crippen molar-refractivity contribution in [3.05, 3.63) is 70.8 Å². The van der Waals surface area contributed by atoms with Crippen molar-refractivity contribution in [2.24, 2.45) is 0 Å². The summed E-state index contributed by atoms with van der Waals surface area (Å²) in [7, 11) is 0. The van der Waals surface area contributed by atoms with Crippen LogP contribution in [0.25, 0.3) is 0 Å². The Bertz CT molecular complexity index is 473. The zero-order valence-corrected chi connectivity index (χ0v) is 10.7.